The van der Waals surface area contributed by atoms with Crippen LogP contribution >= 0.6 is 11.6 Å². The van der Waals surface area contributed by atoms with Crippen molar-refractivity contribution in [3.05, 3.63) is 38.9 Å². The Labute approximate surface area is 151 Å². The van der Waals surface area contributed by atoms with Gasteiger partial charge >= 0.3 is 0 Å². The monoisotopic (exact) mass is 363 g/mol. The highest BCUT2D eigenvalue weighted by Gasteiger charge is 2.31. The minimum absolute atomic E-state index is 0.0907. The van der Waals surface area contributed by atoms with Crippen LogP contribution in [-0.2, 0) is 0 Å². The molecule has 0 spiro atoms. The van der Waals surface area contributed by atoms with Gasteiger partial charge in [-0.25, -0.2) is 4.39 Å². The van der Waals surface area contributed by atoms with E-state index >= 15 is 0 Å². The number of benzene rings is 1. The zero-order valence-electron chi connectivity index (χ0n) is 14.6. The van der Waals surface area contributed by atoms with Crippen LogP contribution in [0.15, 0.2) is 16.9 Å². The summed E-state index contributed by atoms with van der Waals surface area (Å²) < 4.78 is 16.8. The van der Waals surface area contributed by atoms with Crippen molar-refractivity contribution in [1.29, 1.82) is 0 Å². The van der Waals surface area contributed by atoms with Crippen molar-refractivity contribution in [2.75, 3.05) is 18.0 Å². The van der Waals surface area contributed by atoms with Crippen molar-refractivity contribution in [3.8, 4) is 0 Å². The van der Waals surface area contributed by atoms with Crippen LogP contribution in [0.5, 0.6) is 0 Å². The predicted molar refractivity (Wildman–Crippen MR) is 100 cm³/mol. The van der Waals surface area contributed by atoms with Crippen molar-refractivity contribution in [3.63, 3.8) is 0 Å². The molecule has 1 aliphatic heterocycles. The van der Waals surface area contributed by atoms with Crippen molar-refractivity contribution in [2.24, 2.45) is 11.7 Å². The lowest BCUT2D eigenvalue weighted by atomic mass is 10.0. The van der Waals surface area contributed by atoms with Gasteiger partial charge in [-0.2, -0.15) is 0 Å². The molecule has 1 saturated carbocycles. The maximum absolute atomic E-state index is 15.0. The van der Waals surface area contributed by atoms with Crippen molar-refractivity contribution in [1.82, 2.24) is 4.57 Å². The number of fused-ring (bicyclic) bond motifs is 1. The normalized spacial score (nSPS) is 22.0. The standard InChI is InChI=1S/C19H23ClFN3O/c1-10-18-14(15(20)8-17(25)24(18)13-3-4-13)7-16(21)19(10)23-6-5-12(9-23)11(2)22/h7-8,11-13H,3-6,9,22H2,1-2H3/t11-,12+/m0/s1. The number of pyridine rings is 1. The molecule has 2 heterocycles. The lowest BCUT2D eigenvalue weighted by molar-refractivity contribution is 0.487. The van der Waals surface area contributed by atoms with E-state index in [9.17, 15) is 9.18 Å². The molecule has 2 aliphatic rings. The number of anilines is 1. The van der Waals surface area contributed by atoms with Crippen LogP contribution in [0.25, 0.3) is 10.9 Å². The first-order chi connectivity index (χ1) is 11.9. The first-order valence-electron chi connectivity index (χ1n) is 8.93. The van der Waals surface area contributed by atoms with E-state index in [-0.39, 0.29) is 23.5 Å². The third-order valence-corrected chi connectivity index (χ3v) is 5.96. The minimum atomic E-state index is -0.279. The fourth-order valence-electron chi connectivity index (χ4n) is 4.12. The number of aromatic nitrogens is 1. The van der Waals surface area contributed by atoms with E-state index in [4.69, 9.17) is 17.3 Å². The molecule has 1 aromatic carbocycles. The van der Waals surface area contributed by atoms with Gasteiger partial charge in [-0.1, -0.05) is 11.6 Å². The van der Waals surface area contributed by atoms with Gasteiger partial charge in [0.1, 0.15) is 5.82 Å². The van der Waals surface area contributed by atoms with Crippen molar-refractivity contribution < 1.29 is 4.39 Å². The van der Waals surface area contributed by atoms with E-state index in [1.807, 2.05) is 13.8 Å². The SMILES string of the molecule is Cc1c(N2CC[C@@H]([C@H](C)N)C2)c(F)cc2c(Cl)cc(=O)n(C3CC3)c12. The van der Waals surface area contributed by atoms with Crippen molar-refractivity contribution in [2.45, 2.75) is 45.2 Å². The molecule has 4 nitrogen and oxygen atoms in total. The molecule has 4 rings (SSSR count). The summed E-state index contributed by atoms with van der Waals surface area (Å²) in [4.78, 5) is 14.6. The number of aryl methyl sites for hydroxylation is 1. The summed E-state index contributed by atoms with van der Waals surface area (Å²) in [5.74, 6) is 0.0812. The second kappa shape index (κ2) is 5.99. The highest BCUT2D eigenvalue weighted by atomic mass is 35.5. The Hall–Kier alpha value is -1.59. The van der Waals surface area contributed by atoms with Crippen LogP contribution in [0.3, 0.4) is 0 Å². The van der Waals surface area contributed by atoms with Gasteiger partial charge in [0, 0.05) is 36.6 Å². The van der Waals surface area contributed by atoms with Crippen LogP contribution in [0.4, 0.5) is 10.1 Å². The minimum Gasteiger partial charge on any atom is -0.369 e. The number of nitrogens with two attached hydrogens (primary N) is 1. The predicted octanol–water partition coefficient (Wildman–Crippen LogP) is 3.61. The quantitative estimate of drug-likeness (QED) is 0.906. The third kappa shape index (κ3) is 2.74. The van der Waals surface area contributed by atoms with E-state index < -0.39 is 0 Å². The van der Waals surface area contributed by atoms with E-state index in [2.05, 4.69) is 4.90 Å². The fraction of sp³-hybridized carbons (Fsp3) is 0.526. The topological polar surface area (TPSA) is 51.3 Å². The molecule has 0 radical (unpaired) electrons. The van der Waals surface area contributed by atoms with Gasteiger partial charge in [-0.3, -0.25) is 4.79 Å². The van der Waals surface area contributed by atoms with Crippen molar-refractivity contribution >= 4 is 28.2 Å². The molecular weight excluding hydrogens is 341 g/mol. The summed E-state index contributed by atoms with van der Waals surface area (Å²) in [7, 11) is 0. The Balaban J connectivity index is 1.92. The molecule has 2 fully saturated rings. The smallest absolute Gasteiger partial charge is 0.252 e. The summed E-state index contributed by atoms with van der Waals surface area (Å²) in [6, 6.07) is 3.19. The zero-order valence-corrected chi connectivity index (χ0v) is 15.3. The Morgan fingerprint density at radius 3 is 2.64 bits per heavy atom. The molecule has 134 valence electrons. The molecular formula is C19H23ClFN3O. The molecule has 0 unspecified atom stereocenters. The Morgan fingerprint density at radius 2 is 2.04 bits per heavy atom. The third-order valence-electron chi connectivity index (χ3n) is 5.65. The highest BCUT2D eigenvalue weighted by Crippen LogP contribution is 2.41. The molecule has 1 saturated heterocycles. The van der Waals surface area contributed by atoms with Gasteiger partial charge in [-0.05, 0) is 50.7 Å². The lowest BCUT2D eigenvalue weighted by Gasteiger charge is -2.25. The molecule has 0 amide bonds. The summed E-state index contributed by atoms with van der Waals surface area (Å²) in [6.45, 7) is 5.43. The number of halogens is 2. The van der Waals surface area contributed by atoms with Crippen LogP contribution in [0, 0.1) is 18.7 Å². The molecule has 25 heavy (non-hydrogen) atoms. The number of hydrogen-bond donors (Lipinski definition) is 1. The largest absolute Gasteiger partial charge is 0.369 e. The Bertz CT molecular complexity index is 904. The van der Waals surface area contributed by atoms with E-state index in [1.54, 1.807) is 4.57 Å². The van der Waals surface area contributed by atoms with Crippen LogP contribution in [-0.4, -0.2) is 23.7 Å². The second-order valence-corrected chi connectivity index (χ2v) is 7.92. The van der Waals surface area contributed by atoms with E-state index in [0.29, 0.717) is 22.0 Å². The first-order valence-corrected chi connectivity index (χ1v) is 9.30. The average Bonchev–Trinajstić information content (AvgIpc) is 3.25. The molecule has 6 heteroatoms. The second-order valence-electron chi connectivity index (χ2n) is 7.51. The maximum atomic E-state index is 15.0. The highest BCUT2D eigenvalue weighted by molar-refractivity contribution is 6.35. The molecule has 1 aliphatic carbocycles. The number of nitrogens with zero attached hydrogens (tertiary/aromatic N) is 2. The molecule has 2 atom stereocenters. The van der Waals surface area contributed by atoms with Crippen LogP contribution < -0.4 is 16.2 Å². The van der Waals surface area contributed by atoms with Gasteiger partial charge < -0.3 is 15.2 Å². The summed E-state index contributed by atoms with van der Waals surface area (Å²) in [5.41, 5.74) is 8.10. The molecule has 0 bridgehead atoms. The van der Waals surface area contributed by atoms with Gasteiger partial charge in [-0.15, -0.1) is 0 Å². The van der Waals surface area contributed by atoms with Gasteiger partial charge in [0.2, 0.25) is 0 Å². The maximum Gasteiger partial charge on any atom is 0.252 e. The summed E-state index contributed by atoms with van der Waals surface area (Å²) in [6.07, 6.45) is 2.93. The zero-order chi connectivity index (χ0) is 17.9. The Morgan fingerprint density at radius 1 is 1.32 bits per heavy atom. The van der Waals surface area contributed by atoms with Crippen LogP contribution in [0.1, 0.15) is 37.8 Å². The Kier molecular flexibility index (Phi) is 4.04. The number of hydrogen-bond acceptors (Lipinski definition) is 3. The van der Waals surface area contributed by atoms with Gasteiger partial charge in [0.25, 0.3) is 5.56 Å². The number of rotatable bonds is 3. The lowest BCUT2D eigenvalue weighted by Crippen LogP contribution is -2.30. The fourth-order valence-corrected chi connectivity index (χ4v) is 4.36. The van der Waals surface area contributed by atoms with Gasteiger partial charge in [0.15, 0.2) is 0 Å². The summed E-state index contributed by atoms with van der Waals surface area (Å²) >= 11 is 6.27. The molecule has 1 aromatic heterocycles. The van der Waals surface area contributed by atoms with Gasteiger partial charge in [0.05, 0.1) is 16.2 Å². The molecule has 2 N–H and O–H groups in total. The van der Waals surface area contributed by atoms with E-state index in [1.165, 1.54) is 12.1 Å². The van der Waals surface area contributed by atoms with Crippen LogP contribution in [0.2, 0.25) is 5.02 Å². The molecule has 2 aromatic rings. The average molecular weight is 364 g/mol. The first kappa shape index (κ1) is 16.9. The summed E-state index contributed by atoms with van der Waals surface area (Å²) in [5, 5.41) is 0.940. The van der Waals surface area contributed by atoms with E-state index in [0.717, 1.165) is 43.4 Å².